The highest BCUT2D eigenvalue weighted by Gasteiger charge is 2.35. The fraction of sp³-hybridized carbons (Fsp3) is 0.257. The Labute approximate surface area is 269 Å². The van der Waals surface area contributed by atoms with Crippen molar-refractivity contribution in [2.45, 2.75) is 50.6 Å². The van der Waals surface area contributed by atoms with Crippen LogP contribution in [0.15, 0.2) is 114 Å². The number of benzene rings is 4. The molecule has 0 radical (unpaired) electrons. The number of carbonyl (C=O) groups excluding carboxylic acids is 2. The van der Waals surface area contributed by atoms with Crippen LogP contribution >= 0.6 is 0 Å². The first-order chi connectivity index (χ1) is 22.1. The largest absolute Gasteiger partial charge is 0.354 e. The molecule has 1 N–H and O–H groups in total. The molecule has 11 heteroatoms. The molecule has 0 aromatic heterocycles. The van der Waals surface area contributed by atoms with Crippen molar-refractivity contribution in [3.63, 3.8) is 0 Å². The topological polar surface area (TPSA) is 130 Å². The summed E-state index contributed by atoms with van der Waals surface area (Å²) in [6.07, 6.45) is 1.81. The molecule has 4 aromatic carbocycles. The van der Waals surface area contributed by atoms with Crippen LogP contribution < -0.4 is 9.62 Å². The van der Waals surface area contributed by atoms with Crippen molar-refractivity contribution in [3.8, 4) is 0 Å². The van der Waals surface area contributed by atoms with Crippen LogP contribution in [0.3, 0.4) is 0 Å². The van der Waals surface area contributed by atoms with E-state index in [9.17, 15) is 28.1 Å². The van der Waals surface area contributed by atoms with E-state index in [0.717, 1.165) is 39.9 Å². The number of sulfonamides is 1. The van der Waals surface area contributed by atoms with Gasteiger partial charge in [0.25, 0.3) is 15.7 Å². The van der Waals surface area contributed by atoms with Gasteiger partial charge in [0.15, 0.2) is 0 Å². The number of aryl methyl sites for hydroxylation is 1. The molecule has 240 valence electrons. The van der Waals surface area contributed by atoms with E-state index in [1.165, 1.54) is 35.2 Å². The third kappa shape index (κ3) is 8.79. The van der Waals surface area contributed by atoms with Gasteiger partial charge in [0.05, 0.1) is 15.5 Å². The minimum atomic E-state index is -4.36. The van der Waals surface area contributed by atoms with E-state index < -0.39 is 33.4 Å². The van der Waals surface area contributed by atoms with E-state index in [1.807, 2.05) is 68.4 Å². The maximum atomic E-state index is 14.5. The Kier molecular flexibility index (Phi) is 11.6. The molecule has 0 unspecified atom stereocenters. The van der Waals surface area contributed by atoms with E-state index in [4.69, 9.17) is 0 Å². The van der Waals surface area contributed by atoms with Crippen molar-refractivity contribution >= 4 is 33.2 Å². The molecular weight excluding hydrogens is 604 g/mol. The van der Waals surface area contributed by atoms with Crippen LogP contribution in [0.5, 0.6) is 0 Å². The van der Waals surface area contributed by atoms with Gasteiger partial charge in [-0.1, -0.05) is 97.8 Å². The minimum absolute atomic E-state index is 0.0337. The summed E-state index contributed by atoms with van der Waals surface area (Å²) in [6.45, 7) is 3.72. The third-order valence-corrected chi connectivity index (χ3v) is 9.30. The average molecular weight is 643 g/mol. The number of hydrogen-bond donors (Lipinski definition) is 1. The van der Waals surface area contributed by atoms with E-state index >= 15 is 0 Å². The molecule has 0 aliphatic heterocycles. The number of hydrogen-bond acceptors (Lipinski definition) is 6. The second kappa shape index (κ2) is 15.8. The number of anilines is 1. The van der Waals surface area contributed by atoms with Crippen LogP contribution in [0, 0.1) is 17.0 Å². The van der Waals surface area contributed by atoms with Crippen molar-refractivity contribution in [2.24, 2.45) is 0 Å². The molecular formula is C35H38N4O6S. The molecule has 0 aliphatic carbocycles. The Balaban J connectivity index is 1.81. The first-order valence-electron chi connectivity index (χ1n) is 15.1. The highest BCUT2D eigenvalue weighted by Crippen LogP contribution is 2.28. The molecule has 4 rings (SSSR count). The monoisotopic (exact) mass is 642 g/mol. The van der Waals surface area contributed by atoms with Crippen molar-refractivity contribution in [1.29, 1.82) is 0 Å². The van der Waals surface area contributed by atoms with Gasteiger partial charge in [-0.3, -0.25) is 24.0 Å². The average Bonchev–Trinajstić information content (AvgIpc) is 3.06. The van der Waals surface area contributed by atoms with Gasteiger partial charge >= 0.3 is 0 Å². The molecule has 0 aliphatic rings. The molecule has 10 nitrogen and oxygen atoms in total. The van der Waals surface area contributed by atoms with Crippen LogP contribution in [0.4, 0.5) is 11.4 Å². The normalized spacial score (nSPS) is 11.8. The maximum Gasteiger partial charge on any atom is 0.271 e. The first-order valence-corrected chi connectivity index (χ1v) is 16.5. The number of nitro groups is 1. The summed E-state index contributed by atoms with van der Waals surface area (Å²) in [5.41, 5.74) is 2.23. The summed E-state index contributed by atoms with van der Waals surface area (Å²) < 4.78 is 29.0. The number of carbonyl (C=O) groups is 2. The molecule has 46 heavy (non-hydrogen) atoms. The lowest BCUT2D eigenvalue weighted by Gasteiger charge is -2.34. The Bertz CT molecular complexity index is 1730. The van der Waals surface area contributed by atoms with Crippen LogP contribution in [0.25, 0.3) is 0 Å². The molecule has 0 fully saturated rings. The van der Waals surface area contributed by atoms with Crippen molar-refractivity contribution in [3.05, 3.63) is 136 Å². The van der Waals surface area contributed by atoms with E-state index in [-0.39, 0.29) is 35.1 Å². The fourth-order valence-electron chi connectivity index (χ4n) is 4.96. The summed E-state index contributed by atoms with van der Waals surface area (Å²) in [6, 6.07) is 28.6. The Morgan fingerprint density at radius 3 is 2.15 bits per heavy atom. The minimum Gasteiger partial charge on any atom is -0.354 e. The molecule has 0 heterocycles. The quantitative estimate of drug-likeness (QED) is 0.101. The second-order valence-corrected chi connectivity index (χ2v) is 12.8. The summed E-state index contributed by atoms with van der Waals surface area (Å²) in [7, 11) is -4.36. The number of amides is 2. The van der Waals surface area contributed by atoms with Gasteiger partial charge in [-0.15, -0.1) is 0 Å². The van der Waals surface area contributed by atoms with E-state index in [2.05, 4.69) is 5.32 Å². The third-order valence-electron chi connectivity index (χ3n) is 7.51. The Morgan fingerprint density at radius 1 is 0.870 bits per heavy atom. The SMILES string of the molecule is CCCCNC(=O)[C@H](Cc1ccccc1)N(Cc1ccc(C)cc1)C(=O)CN(c1cccc([N+](=O)[O-])c1)S(=O)(=O)c1ccccc1. The second-order valence-electron chi connectivity index (χ2n) is 11.0. The molecule has 1 atom stereocenters. The Morgan fingerprint density at radius 2 is 1.52 bits per heavy atom. The van der Waals surface area contributed by atoms with E-state index in [0.29, 0.717) is 6.54 Å². The predicted molar refractivity (Wildman–Crippen MR) is 178 cm³/mol. The highest BCUT2D eigenvalue weighted by molar-refractivity contribution is 7.92. The van der Waals surface area contributed by atoms with Crippen LogP contribution in [0.1, 0.15) is 36.5 Å². The molecule has 4 aromatic rings. The maximum absolute atomic E-state index is 14.5. The predicted octanol–water partition coefficient (Wildman–Crippen LogP) is 5.65. The summed E-state index contributed by atoms with van der Waals surface area (Å²) in [4.78, 5) is 40.6. The fourth-order valence-corrected chi connectivity index (χ4v) is 6.39. The van der Waals surface area contributed by atoms with Gasteiger partial charge in [-0.25, -0.2) is 8.42 Å². The van der Waals surface area contributed by atoms with Gasteiger partial charge in [0.2, 0.25) is 11.8 Å². The molecule has 0 saturated heterocycles. The standard InChI is InChI=1S/C35H38N4O6S/c1-3-4-22-36-35(41)33(23-28-12-7-5-8-13-28)37(25-29-20-18-27(2)19-21-29)34(40)26-38(30-14-11-15-31(24-30)39(42)43)46(44,45)32-16-9-6-10-17-32/h5-21,24,33H,3-4,22-23,25-26H2,1-2H3,(H,36,41)/t33-/m0/s1. The molecule has 0 bridgehead atoms. The molecule has 0 spiro atoms. The number of non-ortho nitro benzene ring substituents is 1. The van der Waals surface area contributed by atoms with Crippen LogP contribution in [-0.2, 0) is 32.6 Å². The van der Waals surface area contributed by atoms with Crippen molar-refractivity contribution in [2.75, 3.05) is 17.4 Å². The van der Waals surface area contributed by atoms with Gasteiger partial charge in [-0.2, -0.15) is 0 Å². The Hall–Kier alpha value is -5.03. The van der Waals surface area contributed by atoms with Gasteiger partial charge < -0.3 is 10.2 Å². The lowest BCUT2D eigenvalue weighted by Crippen LogP contribution is -2.53. The number of nitrogens with one attached hydrogen (secondary N) is 1. The van der Waals surface area contributed by atoms with Gasteiger partial charge in [-0.05, 0) is 42.7 Å². The highest BCUT2D eigenvalue weighted by atomic mass is 32.2. The number of nitro benzene ring substituents is 1. The van der Waals surface area contributed by atoms with E-state index in [1.54, 1.807) is 18.2 Å². The van der Waals surface area contributed by atoms with Gasteiger partial charge in [0, 0.05) is 31.6 Å². The molecule has 0 saturated carbocycles. The van der Waals surface area contributed by atoms with Gasteiger partial charge in [0.1, 0.15) is 12.6 Å². The van der Waals surface area contributed by atoms with Crippen LogP contribution in [0.2, 0.25) is 0 Å². The lowest BCUT2D eigenvalue weighted by atomic mass is 10.0. The summed E-state index contributed by atoms with van der Waals surface area (Å²) in [5.74, 6) is -0.997. The number of nitrogens with zero attached hydrogens (tertiary/aromatic N) is 3. The zero-order valence-electron chi connectivity index (χ0n) is 25.9. The summed E-state index contributed by atoms with van der Waals surface area (Å²) >= 11 is 0. The van der Waals surface area contributed by atoms with Crippen molar-refractivity contribution in [1.82, 2.24) is 10.2 Å². The van der Waals surface area contributed by atoms with Crippen molar-refractivity contribution < 1.29 is 22.9 Å². The smallest absolute Gasteiger partial charge is 0.271 e. The summed E-state index contributed by atoms with van der Waals surface area (Å²) in [5, 5.41) is 14.6. The van der Waals surface area contributed by atoms with Crippen LogP contribution in [-0.4, -0.2) is 49.2 Å². The number of unbranched alkanes of at least 4 members (excludes halogenated alkanes) is 1. The lowest BCUT2D eigenvalue weighted by molar-refractivity contribution is -0.384. The zero-order chi connectivity index (χ0) is 33.1. The first kappa shape index (κ1) is 33.9. The zero-order valence-corrected chi connectivity index (χ0v) is 26.7. The molecule has 2 amide bonds. The number of rotatable bonds is 15.